The van der Waals surface area contributed by atoms with Crippen LogP contribution >= 0.6 is 0 Å². The second-order valence-electron chi connectivity index (χ2n) is 5.49. The Labute approximate surface area is 150 Å². The zero-order chi connectivity index (χ0) is 17.6. The highest BCUT2D eigenvalue weighted by Gasteiger charge is 1.87. The van der Waals surface area contributed by atoms with Gasteiger partial charge >= 0.3 is 0 Å². The third-order valence-corrected chi connectivity index (χ3v) is 3.30. The van der Waals surface area contributed by atoms with Gasteiger partial charge in [0.05, 0.1) is 0 Å². The minimum atomic E-state index is 1.19. The van der Waals surface area contributed by atoms with Crippen LogP contribution in [0.25, 0.3) is 0 Å². The number of unbranched alkanes of at least 4 members (excludes halogenated alkanes) is 6. The molecule has 0 aliphatic carbocycles. The molecule has 0 saturated heterocycles. The first-order valence-electron chi connectivity index (χ1n) is 9.12. The van der Waals surface area contributed by atoms with E-state index < -0.39 is 0 Å². The van der Waals surface area contributed by atoms with Gasteiger partial charge in [-0.1, -0.05) is 137 Å². The molecule has 0 heteroatoms. The molecule has 1 radical (unpaired) electrons. The Morgan fingerprint density at radius 1 is 0.500 bits per heavy atom. The van der Waals surface area contributed by atoms with Gasteiger partial charge in [-0.05, 0) is 12.8 Å². The summed E-state index contributed by atoms with van der Waals surface area (Å²) in [6.07, 6.45) is 39.0. The third-order valence-electron chi connectivity index (χ3n) is 3.30. The van der Waals surface area contributed by atoms with Crippen LogP contribution in [0.5, 0.6) is 0 Å². The predicted octanol–water partition coefficient (Wildman–Crippen LogP) is 7.62. The summed E-state index contributed by atoms with van der Waals surface area (Å²) in [5.74, 6) is 0. The second kappa shape index (κ2) is 20.9. The summed E-state index contributed by atoms with van der Waals surface area (Å²) < 4.78 is 0. The molecule has 0 heterocycles. The Morgan fingerprint density at radius 2 is 0.917 bits per heavy atom. The van der Waals surface area contributed by atoms with Gasteiger partial charge in [0.25, 0.3) is 0 Å². The Kier molecular flexibility index (Phi) is 19.1. The minimum Gasteiger partial charge on any atom is -0.0845 e. The molecule has 0 amide bonds. The van der Waals surface area contributed by atoms with E-state index in [1.165, 1.54) is 51.0 Å². The molecule has 0 aromatic rings. The molecular formula is C24H33. The van der Waals surface area contributed by atoms with Gasteiger partial charge < -0.3 is 0 Å². The fraction of sp³-hybridized carbons (Fsp3) is 0.333. The van der Waals surface area contributed by atoms with E-state index in [0.29, 0.717) is 0 Å². The maximum atomic E-state index is 5.22. The zero-order valence-corrected chi connectivity index (χ0v) is 15.2. The molecule has 0 fully saturated rings. The molecular weight excluding hydrogens is 288 g/mol. The fourth-order valence-corrected chi connectivity index (χ4v) is 1.99. The van der Waals surface area contributed by atoms with E-state index in [4.69, 9.17) is 6.58 Å². The number of hydrogen-bond acceptors (Lipinski definition) is 0. The number of hydrogen-bond donors (Lipinski definition) is 0. The van der Waals surface area contributed by atoms with Gasteiger partial charge in [0.15, 0.2) is 0 Å². The molecule has 129 valence electrons. The van der Waals surface area contributed by atoms with Gasteiger partial charge in [-0.25, -0.2) is 0 Å². The van der Waals surface area contributed by atoms with E-state index in [2.05, 4.69) is 31.2 Å². The van der Waals surface area contributed by atoms with Crippen LogP contribution in [0.4, 0.5) is 0 Å². The first kappa shape index (κ1) is 21.9. The monoisotopic (exact) mass is 321 g/mol. The van der Waals surface area contributed by atoms with Crippen molar-refractivity contribution in [3.05, 3.63) is 97.7 Å². The molecule has 0 rings (SSSR count). The Balaban J connectivity index is 3.62. The van der Waals surface area contributed by atoms with Crippen LogP contribution in [0.15, 0.2) is 91.1 Å². The second-order valence-corrected chi connectivity index (χ2v) is 5.49. The van der Waals surface area contributed by atoms with Crippen LogP contribution in [-0.4, -0.2) is 0 Å². The standard InChI is InChI=1S/C24H33/c1-3-5-7-9-11-13-15-17-19-21-23-24-22-20-18-16-14-12-10-8-6-4-2/h1,3,5,7,9,11,13,15,17-24H,4,6,8,10,12,14,16H2,2H3. The zero-order valence-electron chi connectivity index (χ0n) is 15.2. The van der Waals surface area contributed by atoms with Crippen molar-refractivity contribution in [3.63, 3.8) is 0 Å². The first-order valence-corrected chi connectivity index (χ1v) is 9.12. The Morgan fingerprint density at radius 3 is 1.42 bits per heavy atom. The van der Waals surface area contributed by atoms with Crippen molar-refractivity contribution < 1.29 is 0 Å². The Hall–Kier alpha value is -2.08. The van der Waals surface area contributed by atoms with E-state index in [1.807, 2.05) is 54.7 Å². The van der Waals surface area contributed by atoms with E-state index in [9.17, 15) is 0 Å². The lowest BCUT2D eigenvalue weighted by Gasteiger charge is -1.97. The molecule has 0 spiro atoms. The molecule has 0 saturated carbocycles. The van der Waals surface area contributed by atoms with Gasteiger partial charge in [-0.3, -0.25) is 0 Å². The van der Waals surface area contributed by atoms with Crippen LogP contribution < -0.4 is 0 Å². The predicted molar refractivity (Wildman–Crippen MR) is 111 cm³/mol. The van der Waals surface area contributed by atoms with Crippen LogP contribution in [0.1, 0.15) is 51.9 Å². The van der Waals surface area contributed by atoms with E-state index in [0.717, 1.165) is 0 Å². The maximum absolute atomic E-state index is 5.22. The van der Waals surface area contributed by atoms with Crippen molar-refractivity contribution in [2.45, 2.75) is 51.9 Å². The molecule has 0 nitrogen and oxygen atoms in total. The lowest BCUT2D eigenvalue weighted by Crippen LogP contribution is -1.77. The van der Waals surface area contributed by atoms with Gasteiger partial charge in [0.2, 0.25) is 0 Å². The lowest BCUT2D eigenvalue weighted by molar-refractivity contribution is 0.611. The first-order chi connectivity index (χ1) is 11.9. The molecule has 0 bridgehead atoms. The minimum absolute atomic E-state index is 1.19. The van der Waals surface area contributed by atoms with Crippen molar-refractivity contribution in [3.8, 4) is 0 Å². The molecule has 24 heavy (non-hydrogen) atoms. The summed E-state index contributed by atoms with van der Waals surface area (Å²) >= 11 is 0. The summed E-state index contributed by atoms with van der Waals surface area (Å²) in [5, 5.41) is 0. The van der Waals surface area contributed by atoms with Gasteiger partial charge in [-0.2, -0.15) is 0 Å². The molecule has 0 aromatic carbocycles. The smallest absolute Gasteiger partial charge is 0.0348 e. The average Bonchev–Trinajstić information content (AvgIpc) is 2.60. The molecule has 0 aliphatic heterocycles. The normalized spacial score (nSPS) is 13.4. The highest BCUT2D eigenvalue weighted by molar-refractivity contribution is 5.20. The summed E-state index contributed by atoms with van der Waals surface area (Å²) in [5.41, 5.74) is 0. The van der Waals surface area contributed by atoms with Crippen LogP contribution in [0.3, 0.4) is 0 Å². The van der Waals surface area contributed by atoms with Crippen LogP contribution in [-0.2, 0) is 0 Å². The van der Waals surface area contributed by atoms with Gasteiger partial charge in [0.1, 0.15) is 0 Å². The summed E-state index contributed by atoms with van der Waals surface area (Å²) in [6.45, 7) is 7.48. The van der Waals surface area contributed by atoms with Crippen molar-refractivity contribution in [2.24, 2.45) is 0 Å². The number of allylic oxidation sites excluding steroid dienone is 15. The SMILES string of the molecule is [CH]=CC=CC=CC=CC=CC=CC=CC=CCCCCCCCC. The number of rotatable bonds is 14. The Bertz CT molecular complexity index is 464. The van der Waals surface area contributed by atoms with Crippen molar-refractivity contribution in [1.82, 2.24) is 0 Å². The van der Waals surface area contributed by atoms with E-state index in [-0.39, 0.29) is 0 Å². The van der Waals surface area contributed by atoms with E-state index >= 15 is 0 Å². The maximum Gasteiger partial charge on any atom is -0.0348 e. The highest BCUT2D eigenvalue weighted by atomic mass is 13.9. The molecule has 0 aromatic heterocycles. The van der Waals surface area contributed by atoms with Crippen molar-refractivity contribution in [1.29, 1.82) is 0 Å². The third kappa shape index (κ3) is 19.9. The molecule has 0 unspecified atom stereocenters. The summed E-state index contributed by atoms with van der Waals surface area (Å²) in [6, 6.07) is 0. The lowest BCUT2D eigenvalue weighted by atomic mass is 10.1. The summed E-state index contributed by atoms with van der Waals surface area (Å²) in [7, 11) is 0. The van der Waals surface area contributed by atoms with Gasteiger partial charge in [0, 0.05) is 0 Å². The molecule has 0 N–H and O–H groups in total. The molecule has 0 aliphatic rings. The average molecular weight is 322 g/mol. The van der Waals surface area contributed by atoms with Crippen molar-refractivity contribution in [2.75, 3.05) is 0 Å². The van der Waals surface area contributed by atoms with E-state index in [1.54, 1.807) is 6.08 Å². The molecule has 0 atom stereocenters. The summed E-state index contributed by atoms with van der Waals surface area (Å²) in [4.78, 5) is 0. The van der Waals surface area contributed by atoms with Crippen LogP contribution in [0.2, 0.25) is 0 Å². The largest absolute Gasteiger partial charge is 0.0845 e. The highest BCUT2D eigenvalue weighted by Crippen LogP contribution is 2.07. The quantitative estimate of drug-likeness (QED) is 0.228. The van der Waals surface area contributed by atoms with Crippen LogP contribution in [0, 0.1) is 6.58 Å². The van der Waals surface area contributed by atoms with Gasteiger partial charge in [-0.15, -0.1) is 0 Å². The topological polar surface area (TPSA) is 0 Å². The fourth-order valence-electron chi connectivity index (χ4n) is 1.99. The van der Waals surface area contributed by atoms with Crippen molar-refractivity contribution >= 4 is 0 Å².